The van der Waals surface area contributed by atoms with Gasteiger partial charge in [-0.2, -0.15) is 8.78 Å². The Morgan fingerprint density at radius 1 is 1.21 bits per heavy atom. The third-order valence-electron chi connectivity index (χ3n) is 3.71. The molecule has 0 atom stereocenters. The average Bonchev–Trinajstić information content (AvgIpc) is 3.15. The molecular weight excluding hydrogens is 422 g/mol. The zero-order valence-electron chi connectivity index (χ0n) is 15.1. The number of alkyl halides is 2. The molecule has 0 radical (unpaired) electrons. The van der Waals surface area contributed by atoms with E-state index in [0.29, 0.717) is 15.7 Å². The minimum atomic E-state index is -2.95. The number of thiazole rings is 1. The first-order chi connectivity index (χ1) is 13.9. The maximum Gasteiger partial charge on any atom is 0.387 e. The number of methoxy groups -OCH3 is 1. The number of carbonyl (C=O) groups is 1. The van der Waals surface area contributed by atoms with Gasteiger partial charge >= 0.3 is 6.61 Å². The van der Waals surface area contributed by atoms with E-state index in [4.69, 9.17) is 16.3 Å². The molecule has 5 nitrogen and oxygen atoms in total. The average molecular weight is 437 g/mol. The molecule has 0 saturated carbocycles. The van der Waals surface area contributed by atoms with Crippen molar-refractivity contribution >= 4 is 40.1 Å². The molecule has 0 aliphatic heterocycles. The summed E-state index contributed by atoms with van der Waals surface area (Å²) in [6.07, 6.45) is 2.84. The number of hydrogen-bond acceptors (Lipinski definition) is 5. The lowest BCUT2D eigenvalue weighted by Crippen LogP contribution is -2.07. The highest BCUT2D eigenvalue weighted by molar-refractivity contribution is 7.14. The number of ether oxygens (including phenoxy) is 2. The minimum absolute atomic E-state index is 0.0818. The molecule has 29 heavy (non-hydrogen) atoms. The quantitative estimate of drug-likeness (QED) is 0.481. The van der Waals surface area contributed by atoms with E-state index >= 15 is 0 Å². The Morgan fingerprint density at radius 2 is 1.97 bits per heavy atom. The molecule has 0 spiro atoms. The number of benzene rings is 2. The summed E-state index contributed by atoms with van der Waals surface area (Å²) < 4.78 is 34.1. The van der Waals surface area contributed by atoms with Gasteiger partial charge in [0.25, 0.3) is 0 Å². The molecule has 0 bridgehead atoms. The number of carbonyl (C=O) groups excluding carboxylic acids is 1. The molecule has 3 aromatic rings. The number of halogens is 3. The van der Waals surface area contributed by atoms with Crippen LogP contribution in [-0.2, 0) is 4.79 Å². The minimum Gasteiger partial charge on any atom is -0.493 e. The lowest BCUT2D eigenvalue weighted by Gasteiger charge is -2.10. The SMILES string of the molecule is COc1cc(C=CC(=O)Nc2nc(-c3ccc(Cl)cc3)cs2)ccc1OC(F)F. The number of anilines is 1. The van der Waals surface area contributed by atoms with Gasteiger partial charge in [0.05, 0.1) is 12.8 Å². The van der Waals surface area contributed by atoms with Crippen molar-refractivity contribution in [2.45, 2.75) is 6.61 Å². The molecule has 0 saturated heterocycles. The first-order valence-electron chi connectivity index (χ1n) is 8.28. The number of aromatic nitrogens is 1. The van der Waals surface area contributed by atoms with Crippen LogP contribution in [0.25, 0.3) is 17.3 Å². The molecule has 0 fully saturated rings. The van der Waals surface area contributed by atoms with Gasteiger partial charge in [-0.15, -0.1) is 11.3 Å². The standard InChI is InChI=1S/C20H15ClF2N2O3S/c1-27-17-10-12(2-8-16(17)28-19(22)23)3-9-18(26)25-20-24-15(11-29-20)13-4-6-14(21)7-5-13/h2-11,19H,1H3,(H,24,25,26). The molecule has 2 aromatic carbocycles. The molecule has 1 aromatic heterocycles. The summed E-state index contributed by atoms with van der Waals surface area (Å²) in [5, 5.41) is 5.59. The lowest BCUT2D eigenvalue weighted by molar-refractivity contribution is -0.111. The van der Waals surface area contributed by atoms with Crippen LogP contribution in [-0.4, -0.2) is 24.6 Å². The molecule has 1 N–H and O–H groups in total. The van der Waals surface area contributed by atoms with E-state index in [2.05, 4.69) is 15.0 Å². The smallest absolute Gasteiger partial charge is 0.387 e. The predicted molar refractivity (Wildman–Crippen MR) is 110 cm³/mol. The summed E-state index contributed by atoms with van der Waals surface area (Å²) in [5.41, 5.74) is 2.20. The molecule has 150 valence electrons. The number of rotatable bonds is 7. The van der Waals surface area contributed by atoms with Crippen LogP contribution in [0.5, 0.6) is 11.5 Å². The molecule has 1 amide bonds. The second-order valence-corrected chi connectivity index (χ2v) is 6.95. The van der Waals surface area contributed by atoms with Crippen LogP contribution in [0.4, 0.5) is 13.9 Å². The zero-order valence-corrected chi connectivity index (χ0v) is 16.6. The predicted octanol–water partition coefficient (Wildman–Crippen LogP) is 5.73. The lowest BCUT2D eigenvalue weighted by atomic mass is 10.2. The van der Waals surface area contributed by atoms with Crippen LogP contribution in [0.3, 0.4) is 0 Å². The van der Waals surface area contributed by atoms with Gasteiger partial charge in [-0.25, -0.2) is 4.98 Å². The van der Waals surface area contributed by atoms with E-state index in [-0.39, 0.29) is 17.4 Å². The summed E-state index contributed by atoms with van der Waals surface area (Å²) in [6, 6.07) is 11.6. The Bertz CT molecular complexity index is 1020. The van der Waals surface area contributed by atoms with Crippen molar-refractivity contribution < 1.29 is 23.0 Å². The molecular formula is C20H15ClF2N2O3S. The molecule has 0 aliphatic carbocycles. The van der Waals surface area contributed by atoms with Gasteiger partial charge < -0.3 is 9.47 Å². The van der Waals surface area contributed by atoms with E-state index in [9.17, 15) is 13.6 Å². The van der Waals surface area contributed by atoms with Crippen molar-refractivity contribution in [3.63, 3.8) is 0 Å². The van der Waals surface area contributed by atoms with Crippen LogP contribution in [0, 0.1) is 0 Å². The van der Waals surface area contributed by atoms with Crippen molar-refractivity contribution in [1.29, 1.82) is 0 Å². The number of amides is 1. The van der Waals surface area contributed by atoms with E-state index in [1.165, 1.54) is 48.8 Å². The van der Waals surface area contributed by atoms with Crippen LogP contribution < -0.4 is 14.8 Å². The summed E-state index contributed by atoms with van der Waals surface area (Å²) in [5.74, 6) is -0.323. The summed E-state index contributed by atoms with van der Waals surface area (Å²) >= 11 is 7.17. The zero-order chi connectivity index (χ0) is 20.8. The second kappa shape index (κ2) is 9.49. The largest absolute Gasteiger partial charge is 0.493 e. The highest BCUT2D eigenvalue weighted by Gasteiger charge is 2.11. The van der Waals surface area contributed by atoms with Gasteiger partial charge in [-0.3, -0.25) is 10.1 Å². The fraction of sp³-hybridized carbons (Fsp3) is 0.100. The molecule has 0 unspecified atom stereocenters. The van der Waals surface area contributed by atoms with E-state index < -0.39 is 6.61 Å². The maximum absolute atomic E-state index is 12.4. The third kappa shape index (κ3) is 5.75. The fourth-order valence-electron chi connectivity index (χ4n) is 2.38. The normalized spacial score (nSPS) is 11.1. The van der Waals surface area contributed by atoms with E-state index in [1.807, 2.05) is 17.5 Å². The van der Waals surface area contributed by atoms with Crippen molar-refractivity contribution in [3.05, 3.63) is 64.5 Å². The van der Waals surface area contributed by atoms with Gasteiger partial charge in [0, 0.05) is 22.0 Å². The first-order valence-corrected chi connectivity index (χ1v) is 9.54. The summed E-state index contributed by atoms with van der Waals surface area (Å²) in [4.78, 5) is 16.5. The molecule has 3 rings (SSSR count). The van der Waals surface area contributed by atoms with Gasteiger partial charge in [0.1, 0.15) is 0 Å². The summed E-state index contributed by atoms with van der Waals surface area (Å²) in [6.45, 7) is -2.95. The number of nitrogens with zero attached hydrogens (tertiary/aromatic N) is 1. The molecule has 1 heterocycles. The van der Waals surface area contributed by atoms with E-state index in [1.54, 1.807) is 12.1 Å². The van der Waals surface area contributed by atoms with Crippen molar-refractivity contribution in [2.75, 3.05) is 12.4 Å². The Hall–Kier alpha value is -2.97. The van der Waals surface area contributed by atoms with Crippen LogP contribution in [0.15, 0.2) is 53.9 Å². The van der Waals surface area contributed by atoms with Crippen molar-refractivity contribution in [1.82, 2.24) is 4.98 Å². The highest BCUT2D eigenvalue weighted by atomic mass is 35.5. The third-order valence-corrected chi connectivity index (χ3v) is 4.71. The molecule has 0 aliphatic rings. The van der Waals surface area contributed by atoms with Crippen LogP contribution >= 0.6 is 22.9 Å². The van der Waals surface area contributed by atoms with Gasteiger partial charge in [0.2, 0.25) is 5.91 Å². The fourth-order valence-corrected chi connectivity index (χ4v) is 3.23. The van der Waals surface area contributed by atoms with E-state index in [0.717, 1.165) is 11.3 Å². The van der Waals surface area contributed by atoms with Gasteiger partial charge in [0.15, 0.2) is 16.6 Å². The van der Waals surface area contributed by atoms with Crippen LogP contribution in [0.2, 0.25) is 5.02 Å². The number of nitrogens with one attached hydrogen (secondary N) is 1. The van der Waals surface area contributed by atoms with Crippen molar-refractivity contribution in [3.8, 4) is 22.8 Å². The second-order valence-electron chi connectivity index (χ2n) is 5.66. The Labute approximate surface area is 174 Å². The van der Waals surface area contributed by atoms with Crippen LogP contribution in [0.1, 0.15) is 5.56 Å². The Kier molecular flexibility index (Phi) is 6.79. The monoisotopic (exact) mass is 436 g/mol. The topological polar surface area (TPSA) is 60.5 Å². The van der Waals surface area contributed by atoms with Gasteiger partial charge in [-0.1, -0.05) is 29.8 Å². The first kappa shape index (κ1) is 20.8. The summed E-state index contributed by atoms with van der Waals surface area (Å²) in [7, 11) is 1.34. The Morgan fingerprint density at radius 3 is 2.66 bits per heavy atom. The Balaban J connectivity index is 1.65. The molecule has 9 heteroatoms. The number of hydrogen-bond donors (Lipinski definition) is 1. The van der Waals surface area contributed by atoms with Crippen molar-refractivity contribution in [2.24, 2.45) is 0 Å². The maximum atomic E-state index is 12.4. The van der Waals surface area contributed by atoms with Gasteiger partial charge in [-0.05, 0) is 35.9 Å². The highest BCUT2D eigenvalue weighted by Crippen LogP contribution is 2.30.